The first-order valence-corrected chi connectivity index (χ1v) is 10.9. The maximum Gasteiger partial charge on any atom is 0.251 e. The van der Waals surface area contributed by atoms with Crippen molar-refractivity contribution < 1.29 is 13.2 Å². The van der Waals surface area contributed by atoms with E-state index in [4.69, 9.17) is 5.14 Å². The van der Waals surface area contributed by atoms with Crippen molar-refractivity contribution in [3.8, 4) is 11.1 Å². The summed E-state index contributed by atoms with van der Waals surface area (Å²) in [4.78, 5) is 12.5. The van der Waals surface area contributed by atoms with Gasteiger partial charge >= 0.3 is 0 Å². The molecule has 3 rings (SSSR count). The van der Waals surface area contributed by atoms with Crippen molar-refractivity contribution in [2.45, 2.75) is 25.2 Å². The molecule has 0 saturated carbocycles. The van der Waals surface area contributed by atoms with Crippen molar-refractivity contribution in [3.63, 3.8) is 0 Å². The molecule has 3 aromatic rings. The molecule has 0 radical (unpaired) electrons. The molecule has 0 aromatic heterocycles. The van der Waals surface area contributed by atoms with E-state index in [1.165, 1.54) is 6.07 Å². The van der Waals surface area contributed by atoms with Crippen LogP contribution in [0.3, 0.4) is 0 Å². The molecule has 0 saturated heterocycles. The molecular weight excluding hydrogens is 384 g/mol. The van der Waals surface area contributed by atoms with Crippen molar-refractivity contribution in [1.29, 1.82) is 0 Å². The summed E-state index contributed by atoms with van der Waals surface area (Å²) in [7, 11) is -3.89. The molecule has 0 atom stereocenters. The van der Waals surface area contributed by atoms with Crippen LogP contribution in [-0.4, -0.2) is 20.9 Å². The maximum absolute atomic E-state index is 12.5. The zero-order valence-electron chi connectivity index (χ0n) is 16.5. The molecule has 3 N–H and O–H groups in total. The molecule has 0 bridgehead atoms. The molecule has 5 nitrogen and oxygen atoms in total. The van der Waals surface area contributed by atoms with Gasteiger partial charge in [-0.1, -0.05) is 54.6 Å². The zero-order chi connectivity index (χ0) is 21.0. The van der Waals surface area contributed by atoms with Crippen molar-refractivity contribution in [2.75, 3.05) is 6.54 Å². The summed E-state index contributed by atoms with van der Waals surface area (Å²) in [5, 5.41) is 8.13. The summed E-state index contributed by atoms with van der Waals surface area (Å²) in [6.07, 6.45) is 0.666. The summed E-state index contributed by atoms with van der Waals surface area (Å²) < 4.78 is 23.5. The second-order valence-electron chi connectivity index (χ2n) is 7.03. The smallest absolute Gasteiger partial charge is 0.251 e. The minimum absolute atomic E-state index is 0.0155. The number of hydrogen-bond acceptors (Lipinski definition) is 3. The third kappa shape index (κ3) is 5.10. The third-order valence-corrected chi connectivity index (χ3v) is 5.96. The van der Waals surface area contributed by atoms with E-state index in [0.717, 1.165) is 16.7 Å². The number of sulfonamides is 1. The average molecular weight is 409 g/mol. The molecule has 0 fully saturated rings. The Hall–Kier alpha value is -2.96. The third-order valence-electron chi connectivity index (χ3n) is 4.92. The highest BCUT2D eigenvalue weighted by atomic mass is 32.2. The van der Waals surface area contributed by atoms with Crippen molar-refractivity contribution in [1.82, 2.24) is 5.32 Å². The van der Waals surface area contributed by atoms with E-state index in [-0.39, 0.29) is 16.4 Å². The van der Waals surface area contributed by atoms with Gasteiger partial charge in [-0.2, -0.15) is 0 Å². The fraction of sp³-hybridized carbons (Fsp3) is 0.174. The van der Waals surface area contributed by atoms with Gasteiger partial charge in [-0.05, 0) is 60.2 Å². The van der Waals surface area contributed by atoms with Crippen LogP contribution in [0.1, 0.15) is 27.0 Å². The summed E-state index contributed by atoms with van der Waals surface area (Å²) in [5.41, 5.74) is 4.93. The highest BCUT2D eigenvalue weighted by Gasteiger charge is 2.17. The van der Waals surface area contributed by atoms with Crippen LogP contribution in [0.25, 0.3) is 11.1 Å². The minimum atomic E-state index is -3.89. The highest BCUT2D eigenvalue weighted by molar-refractivity contribution is 7.89. The van der Waals surface area contributed by atoms with E-state index < -0.39 is 10.0 Å². The lowest BCUT2D eigenvalue weighted by atomic mass is 10.0. The van der Waals surface area contributed by atoms with E-state index in [1.807, 2.05) is 30.3 Å². The van der Waals surface area contributed by atoms with Crippen LogP contribution < -0.4 is 10.5 Å². The Morgan fingerprint density at radius 3 is 2.31 bits per heavy atom. The lowest BCUT2D eigenvalue weighted by Crippen LogP contribution is -2.26. The van der Waals surface area contributed by atoms with Crippen LogP contribution in [-0.2, 0) is 16.4 Å². The molecule has 1 amide bonds. The molecule has 0 aliphatic carbocycles. The molecule has 6 heteroatoms. The quantitative estimate of drug-likeness (QED) is 0.653. The van der Waals surface area contributed by atoms with Crippen molar-refractivity contribution >= 4 is 15.9 Å². The molecule has 0 unspecified atom stereocenters. The number of hydrogen-bond donors (Lipinski definition) is 2. The number of rotatable bonds is 6. The summed E-state index contributed by atoms with van der Waals surface area (Å²) in [6.45, 7) is 3.88. The number of primary sulfonamides is 1. The van der Waals surface area contributed by atoms with Crippen LogP contribution >= 0.6 is 0 Å². The number of nitrogens with two attached hydrogens (primary N) is 1. The first-order chi connectivity index (χ1) is 13.8. The monoisotopic (exact) mass is 408 g/mol. The highest BCUT2D eigenvalue weighted by Crippen LogP contribution is 2.21. The molecule has 0 spiro atoms. The van der Waals surface area contributed by atoms with Crippen LogP contribution in [0.4, 0.5) is 0 Å². The van der Waals surface area contributed by atoms with Gasteiger partial charge in [-0.25, -0.2) is 13.6 Å². The van der Waals surface area contributed by atoms with Crippen molar-refractivity contribution in [2.24, 2.45) is 5.14 Å². The maximum atomic E-state index is 12.5. The SMILES string of the molecule is Cc1cc(C(=O)NCCc2cccc(-c3ccccc3)c2)cc(S(N)(=O)=O)c1C. The van der Waals surface area contributed by atoms with Crippen LogP contribution in [0.15, 0.2) is 71.6 Å². The second-order valence-corrected chi connectivity index (χ2v) is 8.56. The van der Waals surface area contributed by atoms with Gasteiger partial charge in [0.1, 0.15) is 0 Å². The predicted molar refractivity (Wildman–Crippen MR) is 115 cm³/mol. The van der Waals surface area contributed by atoms with Gasteiger partial charge < -0.3 is 5.32 Å². The Morgan fingerprint density at radius 2 is 1.62 bits per heavy atom. The lowest BCUT2D eigenvalue weighted by molar-refractivity contribution is 0.0954. The minimum Gasteiger partial charge on any atom is -0.352 e. The van der Waals surface area contributed by atoms with E-state index in [9.17, 15) is 13.2 Å². The number of aryl methyl sites for hydroxylation is 1. The summed E-state index contributed by atoms with van der Waals surface area (Å²) >= 11 is 0. The summed E-state index contributed by atoms with van der Waals surface area (Å²) in [5.74, 6) is -0.322. The Labute approximate surface area is 171 Å². The van der Waals surface area contributed by atoms with Gasteiger partial charge in [-0.3, -0.25) is 4.79 Å². The van der Waals surface area contributed by atoms with Gasteiger partial charge in [0.2, 0.25) is 10.0 Å². The molecule has 3 aromatic carbocycles. The Balaban J connectivity index is 1.69. The van der Waals surface area contributed by atoms with Gasteiger partial charge in [0.05, 0.1) is 4.90 Å². The van der Waals surface area contributed by atoms with Gasteiger partial charge in [0.25, 0.3) is 5.91 Å². The first-order valence-electron chi connectivity index (χ1n) is 9.32. The standard InChI is InChI=1S/C23H24N2O3S/c1-16-13-21(15-22(17(16)2)29(24,27)28)23(26)25-12-11-18-7-6-10-20(14-18)19-8-4-3-5-9-19/h3-10,13-15H,11-12H2,1-2H3,(H,25,26)(H2,24,27,28). The molecule has 150 valence electrons. The average Bonchev–Trinajstić information content (AvgIpc) is 2.70. The fourth-order valence-corrected chi connectivity index (χ4v) is 4.09. The molecule has 29 heavy (non-hydrogen) atoms. The van der Waals surface area contributed by atoms with Gasteiger partial charge in [0.15, 0.2) is 0 Å². The summed E-state index contributed by atoms with van der Waals surface area (Å²) in [6, 6.07) is 21.3. The normalized spacial score (nSPS) is 11.3. The van der Waals surface area contributed by atoms with E-state index >= 15 is 0 Å². The number of benzene rings is 3. The Morgan fingerprint density at radius 1 is 0.931 bits per heavy atom. The fourth-order valence-electron chi connectivity index (χ4n) is 3.21. The number of amides is 1. The molecule has 0 heterocycles. The molecule has 0 aliphatic heterocycles. The van der Waals surface area contributed by atoms with Gasteiger partial charge in [-0.15, -0.1) is 0 Å². The van der Waals surface area contributed by atoms with E-state index in [0.29, 0.717) is 24.1 Å². The van der Waals surface area contributed by atoms with E-state index in [2.05, 4.69) is 29.6 Å². The lowest BCUT2D eigenvalue weighted by Gasteiger charge is -2.11. The largest absolute Gasteiger partial charge is 0.352 e. The van der Waals surface area contributed by atoms with E-state index in [1.54, 1.807) is 19.9 Å². The first kappa shape index (κ1) is 20.8. The zero-order valence-corrected chi connectivity index (χ0v) is 17.3. The predicted octanol–water partition coefficient (Wildman–Crippen LogP) is 3.59. The number of carbonyl (C=O) groups excluding carboxylic acids is 1. The topological polar surface area (TPSA) is 89.3 Å². The Bertz CT molecular complexity index is 1140. The van der Waals surface area contributed by atoms with Gasteiger partial charge in [0, 0.05) is 12.1 Å². The second kappa shape index (κ2) is 8.59. The number of carbonyl (C=O) groups is 1. The van der Waals surface area contributed by atoms with Crippen LogP contribution in [0.2, 0.25) is 0 Å². The van der Waals surface area contributed by atoms with Crippen molar-refractivity contribution in [3.05, 3.63) is 89.0 Å². The Kier molecular flexibility index (Phi) is 6.15. The van der Waals surface area contributed by atoms with Crippen LogP contribution in [0.5, 0.6) is 0 Å². The molecular formula is C23H24N2O3S. The molecule has 0 aliphatic rings. The van der Waals surface area contributed by atoms with Crippen LogP contribution in [0, 0.1) is 13.8 Å². The number of nitrogens with one attached hydrogen (secondary N) is 1.